The minimum Gasteiger partial charge on any atom is -0.492 e. The number of aryl methyl sites for hydroxylation is 1. The second kappa shape index (κ2) is 7.18. The molecule has 0 spiro atoms. The quantitative estimate of drug-likeness (QED) is 0.794. The Kier molecular flexibility index (Phi) is 4.81. The molecular formula is C19H21NO3. The van der Waals surface area contributed by atoms with Gasteiger partial charge in [0.15, 0.2) is 0 Å². The summed E-state index contributed by atoms with van der Waals surface area (Å²) in [5, 5.41) is 0. The van der Waals surface area contributed by atoms with Crippen molar-refractivity contribution < 1.29 is 14.3 Å². The van der Waals surface area contributed by atoms with E-state index in [1.165, 1.54) is 24.8 Å². The van der Waals surface area contributed by atoms with Crippen molar-refractivity contribution in [2.45, 2.75) is 12.8 Å². The molecule has 4 heteroatoms. The molecule has 1 heterocycles. The first kappa shape index (κ1) is 15.4. The number of methoxy groups -OCH3 is 1. The van der Waals surface area contributed by atoms with Crippen LogP contribution in [0, 0.1) is 0 Å². The van der Waals surface area contributed by atoms with Gasteiger partial charge in [0.1, 0.15) is 12.4 Å². The van der Waals surface area contributed by atoms with Gasteiger partial charge in [-0.3, -0.25) is 0 Å². The van der Waals surface area contributed by atoms with Crippen molar-refractivity contribution >= 4 is 11.7 Å². The molecule has 3 rings (SSSR count). The number of hydrogen-bond donors (Lipinski definition) is 0. The van der Waals surface area contributed by atoms with Crippen LogP contribution in [0.4, 0.5) is 5.69 Å². The second-order valence-electron chi connectivity index (χ2n) is 5.58. The summed E-state index contributed by atoms with van der Waals surface area (Å²) in [4.78, 5) is 13.8. The minimum absolute atomic E-state index is 0.332. The Bertz CT molecular complexity index is 667. The molecule has 2 aromatic rings. The topological polar surface area (TPSA) is 38.8 Å². The Hall–Kier alpha value is -2.49. The molecule has 4 nitrogen and oxygen atoms in total. The van der Waals surface area contributed by atoms with Crippen LogP contribution in [0.2, 0.25) is 0 Å². The van der Waals surface area contributed by atoms with Gasteiger partial charge >= 0.3 is 5.97 Å². The molecule has 0 amide bonds. The lowest BCUT2D eigenvalue weighted by Crippen LogP contribution is -2.33. The smallest absolute Gasteiger partial charge is 0.337 e. The largest absolute Gasteiger partial charge is 0.492 e. The van der Waals surface area contributed by atoms with E-state index in [4.69, 9.17) is 4.74 Å². The summed E-state index contributed by atoms with van der Waals surface area (Å²) < 4.78 is 10.5. The molecule has 0 fully saturated rings. The number of carbonyl (C=O) groups excluding carboxylic acids is 1. The predicted octanol–water partition coefficient (Wildman–Crippen LogP) is 3.30. The average molecular weight is 311 g/mol. The van der Waals surface area contributed by atoms with Gasteiger partial charge in [-0.05, 0) is 48.7 Å². The molecule has 0 aromatic heterocycles. The lowest BCUT2D eigenvalue weighted by molar-refractivity contribution is 0.0600. The van der Waals surface area contributed by atoms with E-state index in [0.717, 1.165) is 25.3 Å². The van der Waals surface area contributed by atoms with Gasteiger partial charge in [0, 0.05) is 12.2 Å². The lowest BCUT2D eigenvalue weighted by atomic mass is 10.0. The number of fused-ring (bicyclic) bond motifs is 1. The van der Waals surface area contributed by atoms with E-state index in [0.29, 0.717) is 12.2 Å². The van der Waals surface area contributed by atoms with Crippen LogP contribution in [0.25, 0.3) is 0 Å². The summed E-state index contributed by atoms with van der Waals surface area (Å²) in [6, 6.07) is 15.6. The van der Waals surface area contributed by atoms with E-state index in [2.05, 4.69) is 33.9 Å². The Balaban J connectivity index is 1.55. The summed E-state index contributed by atoms with van der Waals surface area (Å²) >= 11 is 0. The third-order valence-corrected chi connectivity index (χ3v) is 4.11. The van der Waals surface area contributed by atoms with Crippen molar-refractivity contribution in [3.05, 3.63) is 59.7 Å². The van der Waals surface area contributed by atoms with Gasteiger partial charge in [0.2, 0.25) is 0 Å². The van der Waals surface area contributed by atoms with Gasteiger partial charge in [-0.1, -0.05) is 18.2 Å². The molecule has 23 heavy (non-hydrogen) atoms. The molecule has 0 atom stereocenters. The number of ether oxygens (including phenoxy) is 2. The van der Waals surface area contributed by atoms with E-state index in [-0.39, 0.29) is 5.97 Å². The standard InChI is InChI=1S/C19H21NO3/c1-22-19(21)16-8-10-17(11-9-16)23-14-13-20-12-4-6-15-5-2-3-7-18(15)20/h2-3,5,7-11H,4,6,12-14H2,1H3. The molecule has 0 saturated carbocycles. The monoisotopic (exact) mass is 311 g/mol. The zero-order chi connectivity index (χ0) is 16.1. The van der Waals surface area contributed by atoms with Gasteiger partial charge in [-0.25, -0.2) is 4.79 Å². The third-order valence-electron chi connectivity index (χ3n) is 4.11. The minimum atomic E-state index is -0.332. The Labute approximate surface area is 136 Å². The van der Waals surface area contributed by atoms with Crippen molar-refractivity contribution in [3.63, 3.8) is 0 Å². The highest BCUT2D eigenvalue weighted by Crippen LogP contribution is 2.26. The molecule has 0 N–H and O–H groups in total. The van der Waals surface area contributed by atoms with Gasteiger partial charge in [0.05, 0.1) is 19.2 Å². The van der Waals surface area contributed by atoms with Crippen molar-refractivity contribution in [2.24, 2.45) is 0 Å². The summed E-state index contributed by atoms with van der Waals surface area (Å²) in [5.74, 6) is 0.435. The molecular weight excluding hydrogens is 290 g/mol. The molecule has 120 valence electrons. The number of esters is 1. The van der Waals surface area contributed by atoms with E-state index >= 15 is 0 Å². The number of anilines is 1. The first-order chi connectivity index (χ1) is 11.3. The van der Waals surface area contributed by atoms with Crippen LogP contribution in [0.5, 0.6) is 5.75 Å². The summed E-state index contributed by atoms with van der Waals surface area (Å²) in [6.07, 6.45) is 2.34. The van der Waals surface area contributed by atoms with Crippen LogP contribution in [-0.2, 0) is 11.2 Å². The maximum Gasteiger partial charge on any atom is 0.337 e. The SMILES string of the molecule is COC(=O)c1ccc(OCCN2CCCc3ccccc32)cc1. The van der Waals surface area contributed by atoms with Crippen molar-refractivity contribution in [3.8, 4) is 5.75 Å². The molecule has 0 saturated heterocycles. The maximum atomic E-state index is 11.4. The number of carbonyl (C=O) groups is 1. The van der Waals surface area contributed by atoms with E-state index < -0.39 is 0 Å². The molecule has 0 radical (unpaired) electrons. The highest BCUT2D eigenvalue weighted by Gasteiger charge is 2.15. The Morgan fingerprint density at radius 2 is 1.91 bits per heavy atom. The third kappa shape index (κ3) is 3.65. The summed E-state index contributed by atoms with van der Waals surface area (Å²) in [6.45, 7) is 2.54. The molecule has 1 aliphatic rings. The zero-order valence-electron chi connectivity index (χ0n) is 13.3. The van der Waals surface area contributed by atoms with E-state index in [9.17, 15) is 4.79 Å². The summed E-state index contributed by atoms with van der Waals surface area (Å²) in [5.41, 5.74) is 3.27. The first-order valence-corrected chi connectivity index (χ1v) is 7.92. The average Bonchev–Trinajstić information content (AvgIpc) is 2.62. The number of nitrogens with zero attached hydrogens (tertiary/aromatic N) is 1. The van der Waals surface area contributed by atoms with Gasteiger partial charge in [-0.15, -0.1) is 0 Å². The second-order valence-corrected chi connectivity index (χ2v) is 5.58. The van der Waals surface area contributed by atoms with Crippen molar-refractivity contribution in [1.29, 1.82) is 0 Å². The number of hydrogen-bond acceptors (Lipinski definition) is 4. The zero-order valence-corrected chi connectivity index (χ0v) is 13.3. The van der Waals surface area contributed by atoms with Crippen LogP contribution < -0.4 is 9.64 Å². The Morgan fingerprint density at radius 3 is 2.70 bits per heavy atom. The van der Waals surface area contributed by atoms with Crippen LogP contribution >= 0.6 is 0 Å². The highest BCUT2D eigenvalue weighted by molar-refractivity contribution is 5.89. The van der Waals surface area contributed by atoms with Crippen LogP contribution in [-0.4, -0.2) is 32.8 Å². The predicted molar refractivity (Wildman–Crippen MR) is 90.3 cm³/mol. The number of rotatable bonds is 5. The summed E-state index contributed by atoms with van der Waals surface area (Å²) in [7, 11) is 1.38. The molecule has 0 unspecified atom stereocenters. The molecule has 1 aliphatic heterocycles. The molecule has 0 aliphatic carbocycles. The molecule has 2 aromatic carbocycles. The van der Waals surface area contributed by atoms with E-state index in [1.807, 2.05) is 0 Å². The fourth-order valence-corrected chi connectivity index (χ4v) is 2.92. The first-order valence-electron chi connectivity index (χ1n) is 7.92. The fourth-order valence-electron chi connectivity index (χ4n) is 2.92. The van der Waals surface area contributed by atoms with Gasteiger partial charge in [-0.2, -0.15) is 0 Å². The van der Waals surface area contributed by atoms with Crippen molar-refractivity contribution in [2.75, 3.05) is 31.7 Å². The van der Waals surface area contributed by atoms with Crippen LogP contribution in [0.15, 0.2) is 48.5 Å². The maximum absolute atomic E-state index is 11.4. The van der Waals surface area contributed by atoms with Crippen LogP contribution in [0.1, 0.15) is 22.3 Å². The number of benzene rings is 2. The lowest BCUT2D eigenvalue weighted by Gasteiger charge is -2.31. The van der Waals surface area contributed by atoms with E-state index in [1.54, 1.807) is 24.3 Å². The fraction of sp³-hybridized carbons (Fsp3) is 0.316. The van der Waals surface area contributed by atoms with Crippen molar-refractivity contribution in [1.82, 2.24) is 0 Å². The molecule has 0 bridgehead atoms. The Morgan fingerprint density at radius 1 is 1.13 bits per heavy atom. The number of para-hydroxylation sites is 1. The van der Waals surface area contributed by atoms with Gasteiger partial charge < -0.3 is 14.4 Å². The van der Waals surface area contributed by atoms with Gasteiger partial charge in [0.25, 0.3) is 0 Å². The highest BCUT2D eigenvalue weighted by atomic mass is 16.5. The van der Waals surface area contributed by atoms with Crippen LogP contribution in [0.3, 0.4) is 0 Å². The normalized spacial score (nSPS) is 13.3.